The van der Waals surface area contributed by atoms with Gasteiger partial charge in [0, 0.05) is 34.5 Å². The highest BCUT2D eigenvalue weighted by atomic mass is 32.2. The van der Waals surface area contributed by atoms with Crippen LogP contribution in [0.4, 0.5) is 4.79 Å². The maximum atomic E-state index is 14.9. The Morgan fingerprint density at radius 2 is 1.83 bits per heavy atom. The minimum atomic E-state index is -4.02. The van der Waals surface area contributed by atoms with E-state index in [1.807, 2.05) is 19.1 Å². The van der Waals surface area contributed by atoms with Crippen molar-refractivity contribution in [3.05, 3.63) is 36.5 Å². The molecule has 3 fully saturated rings. The van der Waals surface area contributed by atoms with Gasteiger partial charge in [0.25, 0.3) is 5.91 Å². The standard InChI is InChI=1S/C42H59N5O11S.3H2/c1-25-11-9-10-12-27-22-42(27,38(50)46-59(52,53)41(6)15-16-41)45-35(48)32-21-29(24-47(32)37(49)34(26(2)19-25)44-39(51)58-40(3,4)5)57-36-30-14-13-28(55-8)20-31(30)33(23-43-36)56-18-17-54-7;;;/h10,12-14,20,23,25-27,29,32,34H,9,11,15-19,21-22,24H2,1-8H3,(H,44,51)(H,45,48)(H,46,50);3*1H/b12-10-;;;/t25-,26-,27-,29-,32+,34+,42-;;;/m1.../s1. The number of alkyl carbamates (subject to hydrolysis) is 1. The molecule has 4 aliphatic rings. The van der Waals surface area contributed by atoms with Crippen molar-refractivity contribution in [3.8, 4) is 17.4 Å². The van der Waals surface area contributed by atoms with Crippen molar-refractivity contribution in [3.63, 3.8) is 0 Å². The number of fused-ring (bicyclic) bond motifs is 3. The van der Waals surface area contributed by atoms with E-state index in [9.17, 15) is 27.6 Å². The average Bonchev–Trinajstić information content (AvgIpc) is 4.05. The number of methoxy groups -OCH3 is 2. The SMILES string of the molecule is COCCOc1cnc(O[C@@H]2C[C@H]3C(=O)N[C@]4(C(=O)NS(=O)(=O)C5(C)CC5)C[C@H]4/C=C\CC[C@@H](C)C[C@@H](C)[C@H](NC(=O)OC(C)(C)C)C(=O)N3C2)c2ccc(OC)cc12.[HH].[HH].[HH]. The monoisotopic (exact) mass is 847 g/mol. The molecular formula is C42H65N5O11S. The number of ether oxygens (including phenoxy) is 5. The van der Waals surface area contributed by atoms with Crippen LogP contribution < -0.4 is 29.6 Å². The van der Waals surface area contributed by atoms with Gasteiger partial charge < -0.3 is 39.2 Å². The van der Waals surface area contributed by atoms with Crippen LogP contribution in [0.15, 0.2) is 36.5 Å². The number of rotatable bonds is 11. The van der Waals surface area contributed by atoms with Crippen LogP contribution in [0.3, 0.4) is 0 Å². The first-order chi connectivity index (χ1) is 27.8. The van der Waals surface area contributed by atoms with Gasteiger partial charge in [-0.25, -0.2) is 18.2 Å². The predicted octanol–water partition coefficient (Wildman–Crippen LogP) is 5.13. The van der Waals surface area contributed by atoms with Crippen molar-refractivity contribution in [1.82, 2.24) is 25.2 Å². The molecule has 16 nitrogen and oxygen atoms in total. The summed E-state index contributed by atoms with van der Waals surface area (Å²) in [6.45, 7) is 11.3. The molecule has 1 aromatic carbocycles. The maximum absolute atomic E-state index is 14.9. The number of carbonyl (C=O) groups excluding carboxylic acids is 4. The van der Waals surface area contributed by atoms with E-state index in [2.05, 4.69) is 27.3 Å². The Kier molecular flexibility index (Phi) is 12.8. The first-order valence-electron chi connectivity index (χ1n) is 20.4. The van der Waals surface area contributed by atoms with Gasteiger partial charge in [0.2, 0.25) is 27.7 Å². The van der Waals surface area contributed by atoms with E-state index in [-0.39, 0.29) is 48.0 Å². The largest absolute Gasteiger partial charge is 0.497 e. The zero-order chi connectivity index (χ0) is 42.9. The lowest BCUT2D eigenvalue weighted by molar-refractivity contribution is -0.142. The van der Waals surface area contributed by atoms with Crippen molar-refractivity contribution in [2.75, 3.05) is 34.0 Å². The fourth-order valence-electron chi connectivity index (χ4n) is 7.93. The van der Waals surface area contributed by atoms with Gasteiger partial charge >= 0.3 is 6.09 Å². The molecule has 7 atom stereocenters. The molecule has 3 heterocycles. The summed E-state index contributed by atoms with van der Waals surface area (Å²) in [5, 5.41) is 6.98. The van der Waals surface area contributed by atoms with E-state index < -0.39 is 73.8 Å². The molecular weight excluding hydrogens is 783 g/mol. The third-order valence-corrected chi connectivity index (χ3v) is 13.9. The fraction of sp³-hybridized carbons (Fsp3) is 0.643. The highest BCUT2D eigenvalue weighted by Gasteiger charge is 2.63. The summed E-state index contributed by atoms with van der Waals surface area (Å²) in [5.41, 5.74) is -2.39. The maximum Gasteiger partial charge on any atom is 0.408 e. The second kappa shape index (κ2) is 17.1. The highest BCUT2D eigenvalue weighted by Crippen LogP contribution is 2.48. The summed E-state index contributed by atoms with van der Waals surface area (Å²) in [4.78, 5) is 62.7. The third kappa shape index (κ3) is 9.88. The lowest BCUT2D eigenvalue weighted by Gasteiger charge is -2.33. The Balaban J connectivity index is 0.00000341. The van der Waals surface area contributed by atoms with Gasteiger partial charge in [0.1, 0.15) is 47.4 Å². The number of hydrogen-bond acceptors (Lipinski definition) is 12. The number of benzene rings is 1. The van der Waals surface area contributed by atoms with Crippen LogP contribution in [0, 0.1) is 17.8 Å². The Morgan fingerprint density at radius 1 is 1.08 bits per heavy atom. The minimum Gasteiger partial charge on any atom is -0.497 e. The Labute approximate surface area is 351 Å². The van der Waals surface area contributed by atoms with Crippen LogP contribution in [-0.2, 0) is 33.9 Å². The zero-order valence-corrected chi connectivity index (χ0v) is 36.1. The molecule has 0 radical (unpaired) electrons. The van der Waals surface area contributed by atoms with Gasteiger partial charge in [-0.15, -0.1) is 0 Å². The van der Waals surface area contributed by atoms with Crippen molar-refractivity contribution >= 4 is 44.6 Å². The van der Waals surface area contributed by atoms with Crippen LogP contribution in [0.2, 0.25) is 0 Å². The molecule has 2 aliphatic heterocycles. The quantitative estimate of drug-likeness (QED) is 0.199. The van der Waals surface area contributed by atoms with Gasteiger partial charge in [-0.3, -0.25) is 19.1 Å². The van der Waals surface area contributed by atoms with Crippen LogP contribution in [0.1, 0.15) is 90.8 Å². The number of aromatic nitrogens is 1. The first kappa shape index (κ1) is 43.9. The molecule has 0 bridgehead atoms. The number of pyridine rings is 1. The molecule has 6 rings (SSSR count). The number of sulfonamides is 1. The van der Waals surface area contributed by atoms with Crippen LogP contribution in [0.25, 0.3) is 10.8 Å². The zero-order valence-electron chi connectivity index (χ0n) is 35.3. The van der Waals surface area contributed by atoms with Crippen molar-refractivity contribution in [2.24, 2.45) is 17.8 Å². The van der Waals surface area contributed by atoms with Crippen LogP contribution in [0.5, 0.6) is 17.4 Å². The molecule has 1 aromatic heterocycles. The third-order valence-electron chi connectivity index (χ3n) is 11.8. The smallest absolute Gasteiger partial charge is 0.408 e. The van der Waals surface area contributed by atoms with Gasteiger partial charge in [-0.2, -0.15) is 0 Å². The second-order valence-electron chi connectivity index (χ2n) is 17.8. The van der Waals surface area contributed by atoms with E-state index in [1.165, 1.54) is 11.1 Å². The van der Waals surface area contributed by atoms with E-state index in [0.29, 0.717) is 54.6 Å². The summed E-state index contributed by atoms with van der Waals surface area (Å²) >= 11 is 0. The van der Waals surface area contributed by atoms with Gasteiger partial charge in [-0.05, 0) is 96.3 Å². The predicted molar refractivity (Wildman–Crippen MR) is 225 cm³/mol. The topological polar surface area (TPSA) is 201 Å². The molecule has 1 saturated heterocycles. The number of hydrogen-bond donors (Lipinski definition) is 3. The Hall–Kier alpha value is -4.64. The molecule has 4 amide bonds. The van der Waals surface area contributed by atoms with E-state index in [4.69, 9.17) is 23.7 Å². The summed E-state index contributed by atoms with van der Waals surface area (Å²) in [6, 6.07) is 3.10. The van der Waals surface area contributed by atoms with E-state index >= 15 is 0 Å². The lowest BCUT2D eigenvalue weighted by Crippen LogP contribution is -2.59. The molecule has 2 saturated carbocycles. The molecule has 2 aromatic rings. The molecule has 59 heavy (non-hydrogen) atoms. The van der Waals surface area contributed by atoms with Crippen LogP contribution in [-0.4, -0.2) is 110 Å². The Bertz CT molecular complexity index is 2080. The molecule has 0 unspecified atom stereocenters. The van der Waals surface area contributed by atoms with Crippen molar-refractivity contribution in [1.29, 1.82) is 0 Å². The second-order valence-corrected chi connectivity index (χ2v) is 20.0. The van der Waals surface area contributed by atoms with Gasteiger partial charge in [0.15, 0.2) is 0 Å². The first-order valence-corrected chi connectivity index (χ1v) is 21.9. The average molecular weight is 848 g/mol. The number of carbonyl (C=O) groups is 4. The molecule has 17 heteroatoms. The van der Waals surface area contributed by atoms with Crippen molar-refractivity contribution < 1.29 is 55.6 Å². The number of allylic oxidation sites excluding steroid dienone is 1. The minimum absolute atomic E-state index is 0. The molecule has 3 N–H and O–H groups in total. The number of amides is 4. The summed E-state index contributed by atoms with van der Waals surface area (Å²) in [5.74, 6) is -1.39. The highest BCUT2D eigenvalue weighted by molar-refractivity contribution is 7.91. The normalized spacial score (nSPS) is 28.8. The summed E-state index contributed by atoms with van der Waals surface area (Å²) in [6.07, 6.45) is 6.84. The number of nitrogens with zero attached hydrogens (tertiary/aromatic N) is 2. The van der Waals surface area contributed by atoms with Crippen molar-refractivity contribution in [2.45, 2.75) is 121 Å². The molecule has 330 valence electrons. The Morgan fingerprint density at radius 3 is 2.51 bits per heavy atom. The summed E-state index contributed by atoms with van der Waals surface area (Å²) < 4.78 is 56.4. The number of nitrogens with one attached hydrogen (secondary N) is 3. The van der Waals surface area contributed by atoms with E-state index in [1.54, 1.807) is 60.1 Å². The van der Waals surface area contributed by atoms with Gasteiger partial charge in [0.05, 0.1) is 31.2 Å². The molecule has 0 spiro atoms. The van der Waals surface area contributed by atoms with E-state index in [0.717, 1.165) is 6.42 Å². The summed E-state index contributed by atoms with van der Waals surface area (Å²) in [7, 11) is -0.889. The molecule has 2 aliphatic carbocycles. The lowest BCUT2D eigenvalue weighted by atomic mass is 9.88. The van der Waals surface area contributed by atoms with Crippen LogP contribution >= 0.6 is 0 Å². The fourth-order valence-corrected chi connectivity index (χ4v) is 9.24. The van der Waals surface area contributed by atoms with Gasteiger partial charge in [-0.1, -0.05) is 26.0 Å².